The Morgan fingerprint density at radius 3 is 2.63 bits per heavy atom. The highest BCUT2D eigenvalue weighted by Gasteiger charge is 2.16. The number of amides is 1. The molecule has 2 aromatic rings. The predicted octanol–water partition coefficient (Wildman–Crippen LogP) is 2.28. The predicted molar refractivity (Wildman–Crippen MR) is 97.2 cm³/mol. The van der Waals surface area contributed by atoms with Gasteiger partial charge in [-0.1, -0.05) is 12.1 Å². The summed E-state index contributed by atoms with van der Waals surface area (Å²) in [5, 5.41) is 0. The number of methoxy groups -OCH3 is 1. The quantitative estimate of drug-likeness (QED) is 0.726. The van der Waals surface area contributed by atoms with Crippen LogP contribution in [0, 0.1) is 0 Å². The summed E-state index contributed by atoms with van der Waals surface area (Å²) in [6, 6.07) is 12.1. The van der Waals surface area contributed by atoms with Gasteiger partial charge in [0, 0.05) is 13.6 Å². The van der Waals surface area contributed by atoms with E-state index in [1.807, 2.05) is 18.2 Å². The minimum Gasteiger partial charge on any atom is -0.497 e. The summed E-state index contributed by atoms with van der Waals surface area (Å²) in [5.74, 6) is 1.04. The van der Waals surface area contributed by atoms with Gasteiger partial charge in [0.25, 0.3) is 5.91 Å². The molecule has 0 saturated heterocycles. The lowest BCUT2D eigenvalue weighted by Crippen LogP contribution is -2.30. The van der Waals surface area contributed by atoms with E-state index < -0.39 is 5.97 Å². The van der Waals surface area contributed by atoms with Crippen LogP contribution >= 0.6 is 0 Å². The number of ether oxygens (including phenoxy) is 4. The lowest BCUT2D eigenvalue weighted by atomic mass is 10.2. The van der Waals surface area contributed by atoms with Gasteiger partial charge in [0.15, 0.2) is 18.1 Å². The highest BCUT2D eigenvalue weighted by Crippen LogP contribution is 2.31. The second-order valence-electron chi connectivity index (χ2n) is 6.04. The number of nitrogens with zero attached hydrogens (tertiary/aromatic N) is 1. The average molecular weight is 371 g/mol. The lowest BCUT2D eigenvalue weighted by molar-refractivity contribution is -0.133. The monoisotopic (exact) mass is 371 g/mol. The van der Waals surface area contributed by atoms with Crippen molar-refractivity contribution in [3.63, 3.8) is 0 Å². The van der Waals surface area contributed by atoms with Crippen LogP contribution in [0.2, 0.25) is 0 Å². The molecule has 142 valence electrons. The van der Waals surface area contributed by atoms with Crippen molar-refractivity contribution in [1.82, 2.24) is 4.90 Å². The van der Waals surface area contributed by atoms with Crippen molar-refractivity contribution < 1.29 is 28.5 Å². The molecule has 1 aliphatic heterocycles. The maximum atomic E-state index is 12.3. The standard InChI is InChI=1S/C20H21NO6/c1-21(12-14-6-7-17-18(10-14)26-9-8-25-17)19(22)13-27-20(23)15-4-3-5-16(11-15)24-2/h3-7,10-11H,8-9,12-13H2,1-2H3. The molecule has 0 radical (unpaired) electrons. The van der Waals surface area contributed by atoms with Crippen molar-refractivity contribution in [3.8, 4) is 17.2 Å². The van der Waals surface area contributed by atoms with E-state index in [0.717, 1.165) is 5.56 Å². The first-order valence-corrected chi connectivity index (χ1v) is 8.50. The topological polar surface area (TPSA) is 74.3 Å². The molecule has 0 N–H and O–H groups in total. The van der Waals surface area contributed by atoms with Gasteiger partial charge in [-0.15, -0.1) is 0 Å². The largest absolute Gasteiger partial charge is 0.497 e. The molecule has 3 rings (SSSR count). The number of esters is 1. The van der Waals surface area contributed by atoms with Crippen LogP contribution < -0.4 is 14.2 Å². The number of fused-ring (bicyclic) bond motifs is 1. The summed E-state index contributed by atoms with van der Waals surface area (Å²) >= 11 is 0. The Morgan fingerprint density at radius 1 is 1.07 bits per heavy atom. The van der Waals surface area contributed by atoms with Crippen LogP contribution in [0.25, 0.3) is 0 Å². The molecular formula is C20H21NO6. The first-order chi connectivity index (χ1) is 13.1. The van der Waals surface area contributed by atoms with E-state index in [0.29, 0.717) is 42.6 Å². The number of carbonyl (C=O) groups excluding carboxylic acids is 2. The number of likely N-dealkylation sites (N-methyl/N-ethyl adjacent to an activating group) is 1. The first kappa shape index (κ1) is 18.6. The Hall–Kier alpha value is -3.22. The number of hydrogen-bond donors (Lipinski definition) is 0. The Morgan fingerprint density at radius 2 is 1.85 bits per heavy atom. The zero-order valence-corrected chi connectivity index (χ0v) is 15.3. The summed E-state index contributed by atoms with van der Waals surface area (Å²) in [4.78, 5) is 25.8. The van der Waals surface area contributed by atoms with Crippen LogP contribution in [0.3, 0.4) is 0 Å². The molecule has 27 heavy (non-hydrogen) atoms. The van der Waals surface area contributed by atoms with Gasteiger partial charge in [-0.25, -0.2) is 4.79 Å². The molecule has 0 saturated carbocycles. The third-order valence-electron chi connectivity index (χ3n) is 4.08. The summed E-state index contributed by atoms with van der Waals surface area (Å²) in [7, 11) is 3.17. The van der Waals surface area contributed by atoms with Gasteiger partial charge >= 0.3 is 5.97 Å². The average Bonchev–Trinajstić information content (AvgIpc) is 2.71. The van der Waals surface area contributed by atoms with Crippen LogP contribution in [0.1, 0.15) is 15.9 Å². The van der Waals surface area contributed by atoms with Gasteiger partial charge in [-0.3, -0.25) is 4.79 Å². The molecule has 0 atom stereocenters. The summed E-state index contributed by atoms with van der Waals surface area (Å²) in [6.45, 7) is 1.07. The normalized spacial score (nSPS) is 12.2. The minimum atomic E-state index is -0.574. The van der Waals surface area contributed by atoms with Crippen LogP contribution in [0.5, 0.6) is 17.2 Å². The van der Waals surface area contributed by atoms with Crippen molar-refractivity contribution in [3.05, 3.63) is 53.6 Å². The Labute approximate surface area is 157 Å². The van der Waals surface area contributed by atoms with Crippen LogP contribution in [0.15, 0.2) is 42.5 Å². The highest BCUT2D eigenvalue weighted by molar-refractivity contribution is 5.91. The molecule has 7 heteroatoms. The molecule has 0 spiro atoms. The van der Waals surface area contributed by atoms with Gasteiger partial charge < -0.3 is 23.8 Å². The van der Waals surface area contributed by atoms with E-state index in [1.54, 1.807) is 31.3 Å². The Bertz CT molecular complexity index is 835. The molecule has 1 heterocycles. The molecule has 0 unspecified atom stereocenters. The summed E-state index contributed by atoms with van der Waals surface area (Å²) in [6.07, 6.45) is 0. The van der Waals surface area contributed by atoms with Crippen LogP contribution in [-0.4, -0.2) is 50.8 Å². The molecule has 0 bridgehead atoms. The summed E-state index contributed by atoms with van der Waals surface area (Å²) in [5.41, 5.74) is 1.23. The fraction of sp³-hybridized carbons (Fsp3) is 0.300. The van der Waals surface area contributed by atoms with Crippen molar-refractivity contribution >= 4 is 11.9 Å². The molecule has 0 aliphatic carbocycles. The first-order valence-electron chi connectivity index (χ1n) is 8.50. The maximum Gasteiger partial charge on any atom is 0.338 e. The summed E-state index contributed by atoms with van der Waals surface area (Å²) < 4.78 is 21.2. The fourth-order valence-corrected chi connectivity index (χ4v) is 2.62. The molecule has 0 aromatic heterocycles. The second-order valence-corrected chi connectivity index (χ2v) is 6.04. The molecule has 1 amide bonds. The van der Waals surface area contributed by atoms with Crippen LogP contribution in [-0.2, 0) is 16.1 Å². The van der Waals surface area contributed by atoms with Crippen molar-refractivity contribution in [2.45, 2.75) is 6.54 Å². The van der Waals surface area contributed by atoms with Crippen LogP contribution in [0.4, 0.5) is 0 Å². The van der Waals surface area contributed by atoms with E-state index in [2.05, 4.69) is 0 Å². The van der Waals surface area contributed by atoms with Crippen molar-refractivity contribution in [2.75, 3.05) is 34.0 Å². The molecule has 1 aliphatic rings. The van der Waals surface area contributed by atoms with Crippen molar-refractivity contribution in [2.24, 2.45) is 0 Å². The van der Waals surface area contributed by atoms with Gasteiger partial charge in [0.1, 0.15) is 19.0 Å². The Balaban J connectivity index is 1.53. The second kappa shape index (κ2) is 8.44. The zero-order valence-electron chi connectivity index (χ0n) is 15.3. The highest BCUT2D eigenvalue weighted by atomic mass is 16.6. The van der Waals surface area contributed by atoms with E-state index >= 15 is 0 Å². The lowest BCUT2D eigenvalue weighted by Gasteiger charge is -2.21. The number of carbonyl (C=O) groups is 2. The fourth-order valence-electron chi connectivity index (χ4n) is 2.62. The Kier molecular flexibility index (Phi) is 5.80. The van der Waals surface area contributed by atoms with E-state index in [1.165, 1.54) is 12.0 Å². The van der Waals surface area contributed by atoms with Gasteiger partial charge in [0.05, 0.1) is 12.7 Å². The zero-order chi connectivity index (χ0) is 19.2. The number of rotatable bonds is 6. The van der Waals surface area contributed by atoms with Gasteiger partial charge in [-0.2, -0.15) is 0 Å². The third-order valence-corrected chi connectivity index (χ3v) is 4.08. The van der Waals surface area contributed by atoms with Gasteiger partial charge in [-0.05, 0) is 35.9 Å². The van der Waals surface area contributed by atoms with E-state index in [-0.39, 0.29) is 12.5 Å². The molecule has 0 fully saturated rings. The third kappa shape index (κ3) is 4.69. The van der Waals surface area contributed by atoms with Gasteiger partial charge in [0.2, 0.25) is 0 Å². The van der Waals surface area contributed by atoms with E-state index in [4.69, 9.17) is 18.9 Å². The molecule has 7 nitrogen and oxygen atoms in total. The SMILES string of the molecule is COc1cccc(C(=O)OCC(=O)N(C)Cc2ccc3c(c2)OCCO3)c1. The maximum absolute atomic E-state index is 12.3. The smallest absolute Gasteiger partial charge is 0.338 e. The van der Waals surface area contributed by atoms with E-state index in [9.17, 15) is 9.59 Å². The molecule has 2 aromatic carbocycles. The number of benzene rings is 2. The van der Waals surface area contributed by atoms with Crippen molar-refractivity contribution in [1.29, 1.82) is 0 Å². The number of hydrogen-bond acceptors (Lipinski definition) is 6. The minimum absolute atomic E-state index is 0.305. The molecular weight excluding hydrogens is 350 g/mol.